The highest BCUT2D eigenvalue weighted by atomic mass is 16.1. The molecule has 1 atom stereocenters. The fourth-order valence-electron chi connectivity index (χ4n) is 2.06. The van der Waals surface area contributed by atoms with E-state index in [2.05, 4.69) is 15.3 Å². The summed E-state index contributed by atoms with van der Waals surface area (Å²) in [5.41, 5.74) is 1.74. The number of nitrogens with one attached hydrogen (secondary N) is 2. The molecule has 0 amide bonds. The highest BCUT2D eigenvalue weighted by Crippen LogP contribution is 2.14. The molecular formula is C11H17N3O. The van der Waals surface area contributed by atoms with Crippen LogP contribution in [0.5, 0.6) is 0 Å². The molecule has 82 valence electrons. The quantitative estimate of drug-likeness (QED) is 0.744. The average molecular weight is 207 g/mol. The lowest BCUT2D eigenvalue weighted by Crippen LogP contribution is -2.19. The Labute approximate surface area is 89.1 Å². The lowest BCUT2D eigenvalue weighted by Gasteiger charge is -2.09. The number of aromatic nitrogens is 2. The topological polar surface area (TPSA) is 57.8 Å². The first-order valence-electron chi connectivity index (χ1n) is 5.44. The van der Waals surface area contributed by atoms with Gasteiger partial charge in [0.05, 0.1) is 5.69 Å². The minimum atomic E-state index is 0.00320. The Morgan fingerprint density at radius 1 is 1.47 bits per heavy atom. The third-order valence-electron chi connectivity index (χ3n) is 3.01. The van der Waals surface area contributed by atoms with Crippen LogP contribution < -0.4 is 10.9 Å². The number of hydrogen-bond acceptors (Lipinski definition) is 3. The molecule has 1 aliphatic heterocycles. The Morgan fingerprint density at radius 3 is 2.93 bits per heavy atom. The molecule has 1 saturated heterocycles. The van der Waals surface area contributed by atoms with E-state index in [1.807, 2.05) is 13.8 Å². The molecule has 0 spiro atoms. The summed E-state index contributed by atoms with van der Waals surface area (Å²) in [7, 11) is 0. The van der Waals surface area contributed by atoms with E-state index in [0.29, 0.717) is 11.7 Å². The van der Waals surface area contributed by atoms with E-state index in [1.165, 1.54) is 6.42 Å². The van der Waals surface area contributed by atoms with Crippen LogP contribution in [0, 0.1) is 19.8 Å². The van der Waals surface area contributed by atoms with Gasteiger partial charge in [0.2, 0.25) is 0 Å². The van der Waals surface area contributed by atoms with Crippen LogP contribution in [0.1, 0.15) is 23.5 Å². The number of hydrogen-bond donors (Lipinski definition) is 2. The summed E-state index contributed by atoms with van der Waals surface area (Å²) in [6.07, 6.45) is 2.11. The Morgan fingerprint density at radius 2 is 2.27 bits per heavy atom. The molecule has 15 heavy (non-hydrogen) atoms. The average Bonchev–Trinajstić information content (AvgIpc) is 2.66. The monoisotopic (exact) mass is 207 g/mol. The molecule has 2 N–H and O–H groups in total. The van der Waals surface area contributed by atoms with Crippen molar-refractivity contribution in [3.63, 3.8) is 0 Å². The molecule has 1 unspecified atom stereocenters. The van der Waals surface area contributed by atoms with Crippen molar-refractivity contribution in [2.45, 2.75) is 26.7 Å². The van der Waals surface area contributed by atoms with Crippen molar-refractivity contribution in [3.05, 3.63) is 27.4 Å². The van der Waals surface area contributed by atoms with Crippen molar-refractivity contribution in [1.82, 2.24) is 15.3 Å². The van der Waals surface area contributed by atoms with Gasteiger partial charge < -0.3 is 10.3 Å². The molecule has 1 aliphatic rings. The normalized spacial score (nSPS) is 20.8. The molecule has 1 aromatic rings. The van der Waals surface area contributed by atoms with Crippen LogP contribution in [0.3, 0.4) is 0 Å². The van der Waals surface area contributed by atoms with Crippen LogP contribution in [0.4, 0.5) is 0 Å². The fraction of sp³-hybridized carbons (Fsp3) is 0.636. The van der Waals surface area contributed by atoms with Crippen molar-refractivity contribution < 1.29 is 0 Å². The Balaban J connectivity index is 2.23. The van der Waals surface area contributed by atoms with Crippen molar-refractivity contribution in [3.8, 4) is 0 Å². The predicted octanol–water partition coefficient (Wildman–Crippen LogP) is 0.539. The maximum absolute atomic E-state index is 11.5. The largest absolute Gasteiger partial charge is 0.316 e. The predicted molar refractivity (Wildman–Crippen MR) is 59.0 cm³/mol. The zero-order valence-corrected chi connectivity index (χ0v) is 9.26. The molecule has 4 nitrogen and oxygen atoms in total. The standard InChI is InChI=1S/C11H17N3O/c1-7-10(5-9-3-4-12-6-9)13-8(2)14-11(7)15/h9,12H,3-6H2,1-2H3,(H,13,14,15). The molecule has 0 aromatic carbocycles. The van der Waals surface area contributed by atoms with Crippen LogP contribution in [0.15, 0.2) is 4.79 Å². The van der Waals surface area contributed by atoms with E-state index >= 15 is 0 Å². The zero-order valence-electron chi connectivity index (χ0n) is 9.26. The molecule has 0 radical (unpaired) electrons. The van der Waals surface area contributed by atoms with Crippen LogP contribution in [-0.4, -0.2) is 23.1 Å². The fourth-order valence-corrected chi connectivity index (χ4v) is 2.06. The summed E-state index contributed by atoms with van der Waals surface area (Å²) in [4.78, 5) is 18.7. The number of rotatable bonds is 2. The summed E-state index contributed by atoms with van der Waals surface area (Å²) in [5.74, 6) is 1.35. The first-order chi connectivity index (χ1) is 7.16. The van der Waals surface area contributed by atoms with Gasteiger partial charge in [0, 0.05) is 5.56 Å². The maximum atomic E-state index is 11.5. The molecule has 0 saturated carbocycles. The highest BCUT2D eigenvalue weighted by Gasteiger charge is 2.17. The maximum Gasteiger partial charge on any atom is 0.254 e. The second-order valence-electron chi connectivity index (χ2n) is 4.29. The molecule has 2 rings (SSSR count). The van der Waals surface area contributed by atoms with E-state index in [4.69, 9.17) is 0 Å². The lowest BCUT2D eigenvalue weighted by molar-refractivity contribution is 0.566. The zero-order chi connectivity index (χ0) is 10.8. The minimum Gasteiger partial charge on any atom is -0.316 e. The van der Waals surface area contributed by atoms with Gasteiger partial charge in [-0.15, -0.1) is 0 Å². The molecule has 0 bridgehead atoms. The molecule has 1 aromatic heterocycles. The van der Waals surface area contributed by atoms with E-state index in [-0.39, 0.29) is 5.56 Å². The SMILES string of the molecule is Cc1nc(CC2CCNC2)c(C)c(=O)[nH]1. The van der Waals surface area contributed by atoms with Crippen LogP contribution in [-0.2, 0) is 6.42 Å². The highest BCUT2D eigenvalue weighted by molar-refractivity contribution is 5.16. The summed E-state index contributed by atoms with van der Waals surface area (Å²) in [6, 6.07) is 0. The van der Waals surface area contributed by atoms with Gasteiger partial charge in [-0.25, -0.2) is 4.98 Å². The molecule has 1 fully saturated rings. The van der Waals surface area contributed by atoms with E-state index in [0.717, 1.165) is 30.8 Å². The Bertz CT molecular complexity index is 405. The van der Waals surface area contributed by atoms with Gasteiger partial charge in [-0.2, -0.15) is 0 Å². The third-order valence-corrected chi connectivity index (χ3v) is 3.01. The summed E-state index contributed by atoms with van der Waals surface area (Å²) in [6.45, 7) is 5.82. The summed E-state index contributed by atoms with van der Waals surface area (Å²) >= 11 is 0. The first-order valence-corrected chi connectivity index (χ1v) is 5.44. The van der Waals surface area contributed by atoms with Crippen molar-refractivity contribution in [2.75, 3.05) is 13.1 Å². The molecular weight excluding hydrogens is 190 g/mol. The third kappa shape index (κ3) is 2.26. The minimum absolute atomic E-state index is 0.00320. The van der Waals surface area contributed by atoms with Gasteiger partial charge in [-0.3, -0.25) is 4.79 Å². The summed E-state index contributed by atoms with van der Waals surface area (Å²) in [5, 5.41) is 3.33. The van der Waals surface area contributed by atoms with Crippen molar-refractivity contribution in [2.24, 2.45) is 5.92 Å². The number of nitrogens with zero attached hydrogens (tertiary/aromatic N) is 1. The molecule has 2 heterocycles. The number of aryl methyl sites for hydroxylation is 1. The molecule has 4 heteroatoms. The van der Waals surface area contributed by atoms with Gasteiger partial charge in [0.1, 0.15) is 5.82 Å². The van der Waals surface area contributed by atoms with Gasteiger partial charge in [0.15, 0.2) is 0 Å². The van der Waals surface area contributed by atoms with E-state index in [9.17, 15) is 4.79 Å². The number of aromatic amines is 1. The van der Waals surface area contributed by atoms with Gasteiger partial charge in [-0.1, -0.05) is 0 Å². The Hall–Kier alpha value is -1.16. The van der Waals surface area contributed by atoms with Gasteiger partial charge in [-0.05, 0) is 45.7 Å². The van der Waals surface area contributed by atoms with Crippen LogP contribution >= 0.6 is 0 Å². The second-order valence-corrected chi connectivity index (χ2v) is 4.29. The van der Waals surface area contributed by atoms with Gasteiger partial charge >= 0.3 is 0 Å². The number of H-pyrrole nitrogens is 1. The second kappa shape index (κ2) is 4.14. The smallest absolute Gasteiger partial charge is 0.254 e. The van der Waals surface area contributed by atoms with E-state index < -0.39 is 0 Å². The summed E-state index contributed by atoms with van der Waals surface area (Å²) < 4.78 is 0. The Kier molecular flexibility index (Phi) is 2.86. The van der Waals surface area contributed by atoms with Crippen LogP contribution in [0.2, 0.25) is 0 Å². The van der Waals surface area contributed by atoms with Crippen molar-refractivity contribution >= 4 is 0 Å². The van der Waals surface area contributed by atoms with Crippen molar-refractivity contribution in [1.29, 1.82) is 0 Å². The van der Waals surface area contributed by atoms with Crippen LogP contribution in [0.25, 0.3) is 0 Å². The first kappa shape index (κ1) is 10.4. The molecule has 0 aliphatic carbocycles. The van der Waals surface area contributed by atoms with E-state index in [1.54, 1.807) is 0 Å². The van der Waals surface area contributed by atoms with Gasteiger partial charge in [0.25, 0.3) is 5.56 Å². The lowest BCUT2D eigenvalue weighted by atomic mass is 10.0.